The zero-order chi connectivity index (χ0) is 18.5. The summed E-state index contributed by atoms with van der Waals surface area (Å²) < 4.78 is 4.55. The van der Waals surface area contributed by atoms with E-state index in [9.17, 15) is 0 Å². The maximum atomic E-state index is 2.51. The van der Waals surface area contributed by atoms with Gasteiger partial charge in [0.05, 0.1) is 0 Å². The summed E-state index contributed by atoms with van der Waals surface area (Å²) in [5, 5.41) is 1.14. The van der Waals surface area contributed by atoms with E-state index in [0.717, 1.165) is 5.21 Å². The summed E-state index contributed by atoms with van der Waals surface area (Å²) in [6.45, 7) is 7.22. The van der Waals surface area contributed by atoms with Gasteiger partial charge in [-0.25, -0.2) is 0 Å². The van der Waals surface area contributed by atoms with E-state index < -0.39 is 21.6 Å². The fourth-order valence-electron chi connectivity index (χ4n) is 3.38. The topological polar surface area (TPSA) is 0 Å². The molecular weight excluding hydrogens is 391 g/mol. The Hall–Kier alpha value is -1.82. The van der Waals surface area contributed by atoms with Crippen LogP contribution in [0.5, 0.6) is 0 Å². The molecule has 0 atom stereocenters. The third-order valence-corrected chi connectivity index (χ3v) is 14.8. The Morgan fingerprint density at radius 1 is 0.615 bits per heavy atom. The molecule has 0 heterocycles. The molecule has 0 unspecified atom stereocenters. The molecule has 0 saturated heterocycles. The van der Waals surface area contributed by atoms with Crippen LogP contribution in [-0.4, -0.2) is 21.6 Å². The van der Waals surface area contributed by atoms with Gasteiger partial charge in [-0.05, 0) is 0 Å². The van der Waals surface area contributed by atoms with Gasteiger partial charge in [0.1, 0.15) is 0 Å². The minimum absolute atomic E-state index is 1.14. The van der Waals surface area contributed by atoms with Crippen molar-refractivity contribution in [2.45, 2.75) is 24.8 Å². The molecular formula is C24H28AsSi+. The molecule has 2 heteroatoms. The first kappa shape index (κ1) is 19.0. The molecule has 0 aliphatic heterocycles. The van der Waals surface area contributed by atoms with Crippen LogP contribution < -0.4 is 13.1 Å². The fraction of sp³-hybridized carbons (Fsp3) is 0.167. The zero-order valence-corrected chi connectivity index (χ0v) is 18.8. The summed E-state index contributed by atoms with van der Waals surface area (Å²) in [7, 11) is -1.21. The molecule has 3 rings (SSSR count). The maximum absolute atomic E-state index is 2.54. The summed E-state index contributed by atoms with van der Waals surface area (Å²) >= 11 is -2.54. The summed E-state index contributed by atoms with van der Waals surface area (Å²) in [4.78, 5) is 0. The first-order chi connectivity index (χ1) is 12.5. The molecule has 0 N–H and O–H groups in total. The Morgan fingerprint density at radius 3 is 1.27 bits per heavy atom. The molecule has 0 spiro atoms. The molecule has 0 aliphatic rings. The Balaban J connectivity index is 2.23. The van der Waals surface area contributed by atoms with E-state index in [4.69, 9.17) is 0 Å². The van der Waals surface area contributed by atoms with Crippen molar-refractivity contribution in [1.82, 2.24) is 0 Å². The van der Waals surface area contributed by atoms with Crippen LogP contribution in [0.2, 0.25) is 24.8 Å². The molecule has 0 bridgehead atoms. The summed E-state index contributed by atoms with van der Waals surface area (Å²) in [6, 6.07) is 33.6. The van der Waals surface area contributed by atoms with Gasteiger partial charge in [0.15, 0.2) is 0 Å². The second-order valence-electron chi connectivity index (χ2n) is 7.77. The number of allylic oxidation sites excluding steroid dienone is 1. The monoisotopic (exact) mass is 419 g/mol. The average molecular weight is 419 g/mol. The van der Waals surface area contributed by atoms with Gasteiger partial charge < -0.3 is 0 Å². The second kappa shape index (κ2) is 8.25. The van der Waals surface area contributed by atoms with Gasteiger partial charge in [-0.1, -0.05) is 0 Å². The normalized spacial score (nSPS) is 12.4. The van der Waals surface area contributed by atoms with Crippen molar-refractivity contribution in [3.05, 3.63) is 103 Å². The first-order valence-corrected chi connectivity index (χ1v) is 17.0. The molecule has 0 fully saturated rings. The van der Waals surface area contributed by atoms with Crippen molar-refractivity contribution in [3.8, 4) is 0 Å². The minimum atomic E-state index is -2.54. The quantitative estimate of drug-likeness (QED) is 0.513. The van der Waals surface area contributed by atoms with Gasteiger partial charge in [0.2, 0.25) is 0 Å². The summed E-state index contributed by atoms with van der Waals surface area (Å²) in [5.74, 6) is 0. The number of hydrogen-bond acceptors (Lipinski definition) is 0. The van der Waals surface area contributed by atoms with Crippen LogP contribution in [0.15, 0.2) is 103 Å². The van der Waals surface area contributed by atoms with E-state index in [1.165, 1.54) is 13.1 Å². The Labute approximate surface area is 162 Å². The van der Waals surface area contributed by atoms with E-state index in [0.29, 0.717) is 0 Å². The third-order valence-electron chi connectivity index (χ3n) is 4.59. The van der Waals surface area contributed by atoms with Crippen LogP contribution in [0, 0.1) is 0 Å². The summed E-state index contributed by atoms with van der Waals surface area (Å²) in [6.07, 6.45) is 2.49. The number of rotatable bonds is 6. The molecule has 26 heavy (non-hydrogen) atoms. The standard InChI is InChI=1S/C24H28AsSi/c1-26(2,3)21-13-20-25(22-14-7-4-8-15-22,23-16-9-5-10-17-23)24-18-11-6-12-19-24/h4-19,21H,20H2,1-3H3/q+1/b21-13+. The van der Waals surface area contributed by atoms with E-state index in [-0.39, 0.29) is 0 Å². The van der Waals surface area contributed by atoms with Crippen molar-refractivity contribution in [2.75, 3.05) is 0 Å². The molecule has 0 amide bonds. The molecule has 0 aliphatic carbocycles. The van der Waals surface area contributed by atoms with Gasteiger partial charge in [-0.3, -0.25) is 0 Å². The van der Waals surface area contributed by atoms with Gasteiger partial charge >= 0.3 is 162 Å². The number of benzene rings is 3. The second-order valence-corrected chi connectivity index (χ2v) is 20.2. The van der Waals surface area contributed by atoms with Gasteiger partial charge in [-0.15, -0.1) is 0 Å². The van der Waals surface area contributed by atoms with Gasteiger partial charge in [0.25, 0.3) is 0 Å². The molecule has 0 aromatic heterocycles. The van der Waals surface area contributed by atoms with Crippen LogP contribution in [0.1, 0.15) is 0 Å². The van der Waals surface area contributed by atoms with Gasteiger partial charge in [-0.2, -0.15) is 0 Å². The van der Waals surface area contributed by atoms with Crippen molar-refractivity contribution in [1.29, 1.82) is 0 Å². The van der Waals surface area contributed by atoms with Crippen molar-refractivity contribution >= 4 is 34.7 Å². The molecule has 0 nitrogen and oxygen atoms in total. The average Bonchev–Trinajstić information content (AvgIpc) is 2.67. The fourth-order valence-corrected chi connectivity index (χ4v) is 13.0. The van der Waals surface area contributed by atoms with Crippen LogP contribution in [0.4, 0.5) is 0 Å². The van der Waals surface area contributed by atoms with Crippen molar-refractivity contribution < 1.29 is 0 Å². The van der Waals surface area contributed by atoms with Crippen molar-refractivity contribution in [2.24, 2.45) is 0 Å². The number of hydrogen-bond donors (Lipinski definition) is 0. The van der Waals surface area contributed by atoms with Crippen LogP contribution in [0.25, 0.3) is 0 Å². The molecule has 0 radical (unpaired) electrons. The predicted molar refractivity (Wildman–Crippen MR) is 121 cm³/mol. The Bertz CT molecular complexity index is 737. The van der Waals surface area contributed by atoms with Crippen LogP contribution >= 0.6 is 0 Å². The van der Waals surface area contributed by atoms with Crippen molar-refractivity contribution in [3.63, 3.8) is 0 Å². The van der Waals surface area contributed by atoms with E-state index in [1.807, 2.05) is 0 Å². The summed E-state index contributed by atoms with van der Waals surface area (Å²) in [5.41, 5.74) is 2.51. The molecule has 3 aromatic rings. The van der Waals surface area contributed by atoms with E-state index in [2.05, 4.69) is 122 Å². The predicted octanol–water partition coefficient (Wildman–Crippen LogP) is 4.59. The van der Waals surface area contributed by atoms with E-state index >= 15 is 0 Å². The first-order valence-electron chi connectivity index (χ1n) is 9.25. The Kier molecular flexibility index (Phi) is 6.01. The van der Waals surface area contributed by atoms with Crippen LogP contribution in [0.3, 0.4) is 0 Å². The molecule has 132 valence electrons. The SMILES string of the molecule is C[Si](C)(C)/C=C/C[As+](c1ccccc1)(c1ccccc1)c1ccccc1. The van der Waals surface area contributed by atoms with Gasteiger partial charge in [0, 0.05) is 0 Å². The molecule has 0 saturated carbocycles. The Morgan fingerprint density at radius 2 is 0.962 bits per heavy atom. The third kappa shape index (κ3) is 4.28. The van der Waals surface area contributed by atoms with Crippen LogP contribution in [-0.2, 0) is 0 Å². The van der Waals surface area contributed by atoms with E-state index in [1.54, 1.807) is 0 Å². The molecule has 3 aromatic carbocycles. The zero-order valence-electron chi connectivity index (χ0n) is 16.0.